The number of carbonyl (C=O) groups excluding carboxylic acids is 1. The van der Waals surface area contributed by atoms with E-state index in [9.17, 15) is 14.7 Å². The van der Waals surface area contributed by atoms with Gasteiger partial charge in [-0.1, -0.05) is 78.3 Å². The van der Waals surface area contributed by atoms with Crippen LogP contribution in [0.4, 0.5) is 0 Å². The van der Waals surface area contributed by atoms with Crippen LogP contribution in [0.3, 0.4) is 0 Å². The maximum absolute atomic E-state index is 12.4. The summed E-state index contributed by atoms with van der Waals surface area (Å²) in [5.41, 5.74) is 3.75. The number of ether oxygens (including phenoxy) is 2. The van der Waals surface area contributed by atoms with Gasteiger partial charge in [0.2, 0.25) is 0 Å². The van der Waals surface area contributed by atoms with Crippen molar-refractivity contribution in [1.29, 1.82) is 0 Å². The summed E-state index contributed by atoms with van der Waals surface area (Å²) in [4.78, 5) is 24.1. The minimum atomic E-state index is -1.12. The summed E-state index contributed by atoms with van der Waals surface area (Å²) in [6, 6.07) is 30.6. The fraction of sp³-hybridized carbons (Fsp3) is 0.133. The van der Waals surface area contributed by atoms with Crippen molar-refractivity contribution >= 4 is 23.5 Å². The van der Waals surface area contributed by atoms with Crippen molar-refractivity contribution in [3.63, 3.8) is 0 Å². The van der Waals surface area contributed by atoms with Gasteiger partial charge < -0.3 is 19.9 Å². The molecule has 0 aromatic heterocycles. The van der Waals surface area contributed by atoms with Crippen LogP contribution in [-0.4, -0.2) is 29.6 Å². The van der Waals surface area contributed by atoms with Crippen molar-refractivity contribution in [2.24, 2.45) is 0 Å². The molecule has 0 fully saturated rings. The molecule has 0 aliphatic heterocycles. The van der Waals surface area contributed by atoms with E-state index in [1.54, 1.807) is 36.4 Å². The number of aliphatic carboxylic acids is 1. The normalized spacial score (nSPS) is 11.4. The Morgan fingerprint density at radius 2 is 1.43 bits per heavy atom. The Hall–Kier alpha value is -4.29. The summed E-state index contributed by atoms with van der Waals surface area (Å²) in [6.07, 6.45) is 0.133. The maximum Gasteiger partial charge on any atom is 0.326 e. The standard InChI is InChI=1S/C30H26ClNO5/c31-25-8-4-7-24(18-25)23-11-15-27(16-12-23)37-20-29(33)32-28(30(34)35)17-21-9-13-26(14-10-21)36-19-22-5-2-1-3-6-22/h1-16,18,28H,17,19-20H2,(H,32,33)(H,34,35)/t28-/m1/s1. The number of halogens is 1. The zero-order valence-corrected chi connectivity index (χ0v) is 20.7. The van der Waals surface area contributed by atoms with E-state index in [1.165, 1.54) is 0 Å². The van der Waals surface area contributed by atoms with Crippen molar-refractivity contribution < 1.29 is 24.2 Å². The highest BCUT2D eigenvalue weighted by molar-refractivity contribution is 6.30. The number of carboxylic acid groups (broad SMARTS) is 1. The number of amides is 1. The SMILES string of the molecule is O=C(COc1ccc(-c2cccc(Cl)c2)cc1)N[C@H](Cc1ccc(OCc2ccccc2)cc1)C(=O)O. The van der Waals surface area contributed by atoms with E-state index in [0.29, 0.717) is 23.1 Å². The minimum Gasteiger partial charge on any atom is -0.489 e. The summed E-state index contributed by atoms with van der Waals surface area (Å²) in [6.45, 7) is 0.143. The van der Waals surface area contributed by atoms with Gasteiger partial charge in [0.1, 0.15) is 24.1 Å². The Morgan fingerprint density at radius 1 is 0.757 bits per heavy atom. The lowest BCUT2D eigenvalue weighted by molar-refractivity contribution is -0.142. The predicted octanol–water partition coefficient (Wildman–Crippen LogP) is 5.78. The fourth-order valence-electron chi connectivity index (χ4n) is 3.69. The van der Waals surface area contributed by atoms with E-state index in [4.69, 9.17) is 21.1 Å². The van der Waals surface area contributed by atoms with Crippen molar-refractivity contribution in [1.82, 2.24) is 5.32 Å². The van der Waals surface area contributed by atoms with Gasteiger partial charge in [0.25, 0.3) is 5.91 Å². The number of benzene rings is 4. The molecular formula is C30H26ClNO5. The van der Waals surface area contributed by atoms with Crippen molar-refractivity contribution in [3.8, 4) is 22.6 Å². The summed E-state index contributed by atoms with van der Waals surface area (Å²) in [5.74, 6) is -0.463. The lowest BCUT2D eigenvalue weighted by Crippen LogP contribution is -2.44. The summed E-state index contributed by atoms with van der Waals surface area (Å²) in [5, 5.41) is 12.8. The molecule has 0 saturated carbocycles. The van der Waals surface area contributed by atoms with Crippen molar-refractivity contribution in [2.45, 2.75) is 19.1 Å². The largest absolute Gasteiger partial charge is 0.489 e. The molecule has 7 heteroatoms. The molecular weight excluding hydrogens is 490 g/mol. The molecule has 6 nitrogen and oxygen atoms in total. The number of nitrogens with one attached hydrogen (secondary N) is 1. The smallest absolute Gasteiger partial charge is 0.326 e. The molecule has 188 valence electrons. The highest BCUT2D eigenvalue weighted by Gasteiger charge is 2.20. The quantitative estimate of drug-likeness (QED) is 0.264. The van der Waals surface area contributed by atoms with Gasteiger partial charge in [-0.25, -0.2) is 4.79 Å². The third-order valence-corrected chi connectivity index (χ3v) is 5.86. The van der Waals surface area contributed by atoms with Crippen LogP contribution in [0.5, 0.6) is 11.5 Å². The lowest BCUT2D eigenvalue weighted by atomic mass is 10.1. The first-order valence-electron chi connectivity index (χ1n) is 11.7. The molecule has 0 aliphatic carbocycles. The molecule has 0 bridgehead atoms. The average Bonchev–Trinajstić information content (AvgIpc) is 2.92. The monoisotopic (exact) mass is 515 g/mol. The zero-order valence-electron chi connectivity index (χ0n) is 20.0. The van der Waals surface area contributed by atoms with Gasteiger partial charge >= 0.3 is 5.97 Å². The molecule has 1 amide bonds. The fourth-order valence-corrected chi connectivity index (χ4v) is 3.89. The van der Waals surface area contributed by atoms with Gasteiger partial charge in [-0.15, -0.1) is 0 Å². The van der Waals surface area contributed by atoms with Gasteiger partial charge in [0, 0.05) is 11.4 Å². The molecule has 4 aromatic rings. The third-order valence-electron chi connectivity index (χ3n) is 5.63. The third kappa shape index (κ3) is 7.85. The second-order valence-corrected chi connectivity index (χ2v) is 8.84. The number of carboxylic acids is 1. The van der Waals surface area contributed by atoms with E-state index >= 15 is 0 Å². The first-order valence-corrected chi connectivity index (χ1v) is 12.1. The van der Waals surface area contributed by atoms with Crippen LogP contribution in [-0.2, 0) is 22.6 Å². The van der Waals surface area contributed by atoms with E-state index in [0.717, 1.165) is 22.3 Å². The van der Waals surface area contributed by atoms with Crippen LogP contribution in [0.25, 0.3) is 11.1 Å². The molecule has 2 N–H and O–H groups in total. The highest BCUT2D eigenvalue weighted by atomic mass is 35.5. The maximum atomic E-state index is 12.4. The molecule has 4 aromatic carbocycles. The summed E-state index contributed by atoms with van der Waals surface area (Å²) in [7, 11) is 0. The Kier molecular flexibility index (Phi) is 8.79. The van der Waals surface area contributed by atoms with Crippen LogP contribution < -0.4 is 14.8 Å². The van der Waals surface area contributed by atoms with E-state index in [1.807, 2.05) is 66.7 Å². The van der Waals surface area contributed by atoms with Crippen LogP contribution in [0.15, 0.2) is 103 Å². The first kappa shape index (κ1) is 25.8. The van der Waals surface area contributed by atoms with E-state index in [-0.39, 0.29) is 13.0 Å². The average molecular weight is 516 g/mol. The van der Waals surface area contributed by atoms with Crippen LogP contribution in [0.1, 0.15) is 11.1 Å². The second-order valence-electron chi connectivity index (χ2n) is 8.40. The van der Waals surface area contributed by atoms with Gasteiger partial charge in [0.05, 0.1) is 0 Å². The minimum absolute atomic E-state index is 0.133. The molecule has 0 aliphatic rings. The summed E-state index contributed by atoms with van der Waals surface area (Å²) < 4.78 is 11.3. The molecule has 0 saturated heterocycles. The molecule has 0 heterocycles. The summed E-state index contributed by atoms with van der Waals surface area (Å²) >= 11 is 6.05. The molecule has 4 rings (SSSR count). The van der Waals surface area contributed by atoms with Crippen LogP contribution >= 0.6 is 11.6 Å². The molecule has 37 heavy (non-hydrogen) atoms. The molecule has 0 unspecified atom stereocenters. The Labute approximate surface area is 220 Å². The Balaban J connectivity index is 1.26. The highest BCUT2D eigenvalue weighted by Crippen LogP contribution is 2.25. The number of hydrogen-bond acceptors (Lipinski definition) is 4. The first-order chi connectivity index (χ1) is 18.0. The van der Waals surface area contributed by atoms with Gasteiger partial charge in [-0.05, 0) is 58.7 Å². The van der Waals surface area contributed by atoms with Crippen molar-refractivity contribution in [2.75, 3.05) is 6.61 Å². The van der Waals surface area contributed by atoms with Crippen LogP contribution in [0, 0.1) is 0 Å². The Morgan fingerprint density at radius 3 is 2.11 bits per heavy atom. The Bertz CT molecular complexity index is 1320. The number of carbonyl (C=O) groups is 2. The second kappa shape index (κ2) is 12.6. The van der Waals surface area contributed by atoms with Gasteiger partial charge in [-0.2, -0.15) is 0 Å². The zero-order chi connectivity index (χ0) is 26.0. The predicted molar refractivity (Wildman–Crippen MR) is 143 cm³/mol. The van der Waals surface area contributed by atoms with Crippen LogP contribution in [0.2, 0.25) is 5.02 Å². The van der Waals surface area contributed by atoms with E-state index in [2.05, 4.69) is 5.32 Å². The number of rotatable bonds is 11. The molecule has 1 atom stereocenters. The number of hydrogen-bond donors (Lipinski definition) is 2. The molecule has 0 spiro atoms. The topological polar surface area (TPSA) is 84.9 Å². The molecule has 0 radical (unpaired) electrons. The van der Waals surface area contributed by atoms with Gasteiger partial charge in [0.15, 0.2) is 6.61 Å². The lowest BCUT2D eigenvalue weighted by Gasteiger charge is -2.15. The van der Waals surface area contributed by atoms with Crippen molar-refractivity contribution in [3.05, 3.63) is 119 Å². The van der Waals surface area contributed by atoms with Gasteiger partial charge in [-0.3, -0.25) is 4.79 Å². The van der Waals surface area contributed by atoms with E-state index < -0.39 is 17.9 Å².